The minimum Gasteiger partial charge on any atom is -0.376 e. The van der Waals surface area contributed by atoms with Crippen LogP contribution in [0.15, 0.2) is 0 Å². The fourth-order valence-corrected chi connectivity index (χ4v) is 2.36. The Labute approximate surface area is 99.5 Å². The largest absolute Gasteiger partial charge is 0.376 e. The van der Waals surface area contributed by atoms with Crippen molar-refractivity contribution < 1.29 is 4.74 Å². The number of nitrogens with zero attached hydrogens (tertiary/aromatic N) is 1. The van der Waals surface area contributed by atoms with Crippen LogP contribution in [0.1, 0.15) is 27.2 Å². The normalized spacial score (nSPS) is 30.2. The van der Waals surface area contributed by atoms with Gasteiger partial charge in [0.25, 0.3) is 0 Å². The Morgan fingerprint density at radius 1 is 1.44 bits per heavy atom. The van der Waals surface area contributed by atoms with Gasteiger partial charge in [-0.3, -0.25) is 0 Å². The van der Waals surface area contributed by atoms with E-state index in [1.165, 1.54) is 0 Å². The van der Waals surface area contributed by atoms with Gasteiger partial charge in [-0.25, -0.2) is 0 Å². The first kappa shape index (κ1) is 13.9. The van der Waals surface area contributed by atoms with Crippen LogP contribution in [0.25, 0.3) is 0 Å². The maximum Gasteiger partial charge on any atom is 0.0741 e. The van der Waals surface area contributed by atoms with E-state index in [-0.39, 0.29) is 11.6 Å². The lowest BCUT2D eigenvalue weighted by Crippen LogP contribution is -2.57. The summed E-state index contributed by atoms with van der Waals surface area (Å²) in [6.45, 7) is 12.3. The molecule has 1 heterocycles. The quantitative estimate of drug-likeness (QED) is 0.664. The zero-order valence-electron chi connectivity index (χ0n) is 11.0. The van der Waals surface area contributed by atoms with Crippen molar-refractivity contribution in [3.8, 4) is 0 Å². The molecule has 1 fully saturated rings. The molecule has 0 aromatic heterocycles. The summed E-state index contributed by atoms with van der Waals surface area (Å²) in [7, 11) is 0. The molecule has 4 heteroatoms. The highest BCUT2D eigenvalue weighted by Gasteiger charge is 2.39. The third kappa shape index (κ3) is 3.17. The highest BCUT2D eigenvalue weighted by Crippen LogP contribution is 2.24. The van der Waals surface area contributed by atoms with Crippen LogP contribution >= 0.6 is 0 Å². The van der Waals surface area contributed by atoms with Crippen LogP contribution in [0.3, 0.4) is 0 Å². The lowest BCUT2D eigenvalue weighted by Gasteiger charge is -2.33. The second-order valence-corrected chi connectivity index (χ2v) is 4.58. The second-order valence-electron chi connectivity index (χ2n) is 4.58. The van der Waals surface area contributed by atoms with E-state index >= 15 is 0 Å². The first-order valence-electron chi connectivity index (χ1n) is 6.47. The molecule has 1 aliphatic heterocycles. The molecule has 2 unspecified atom stereocenters. The number of hydrogen-bond acceptors (Lipinski definition) is 4. The molecule has 16 heavy (non-hydrogen) atoms. The summed E-state index contributed by atoms with van der Waals surface area (Å²) in [6.07, 6.45) is 1.26. The van der Waals surface area contributed by atoms with Gasteiger partial charge in [-0.05, 0) is 26.4 Å². The van der Waals surface area contributed by atoms with Gasteiger partial charge < -0.3 is 20.7 Å². The van der Waals surface area contributed by atoms with Gasteiger partial charge in [0.05, 0.1) is 11.6 Å². The minimum atomic E-state index is 0.00710. The van der Waals surface area contributed by atoms with E-state index in [1.807, 2.05) is 0 Å². The summed E-state index contributed by atoms with van der Waals surface area (Å²) in [5.74, 6) is 0. The molecule has 1 rings (SSSR count). The molecule has 1 saturated heterocycles. The Bertz CT molecular complexity index is 197. The summed E-state index contributed by atoms with van der Waals surface area (Å²) in [5, 5.41) is 3.60. The molecule has 0 amide bonds. The molecule has 0 aromatic carbocycles. The molecular weight excluding hydrogens is 202 g/mol. The third-order valence-electron chi connectivity index (χ3n) is 3.86. The minimum absolute atomic E-state index is 0.00710. The van der Waals surface area contributed by atoms with Crippen LogP contribution in [0.4, 0.5) is 0 Å². The smallest absolute Gasteiger partial charge is 0.0741 e. The maximum absolute atomic E-state index is 5.88. The van der Waals surface area contributed by atoms with Crippen molar-refractivity contribution in [3.63, 3.8) is 0 Å². The Morgan fingerprint density at radius 2 is 2.12 bits per heavy atom. The van der Waals surface area contributed by atoms with Crippen LogP contribution in [-0.4, -0.2) is 55.9 Å². The summed E-state index contributed by atoms with van der Waals surface area (Å²) in [6, 6.07) is 0. The molecule has 2 atom stereocenters. The van der Waals surface area contributed by atoms with Crippen molar-refractivity contribution in [1.29, 1.82) is 0 Å². The molecular formula is C12H27N3O. The standard InChI is InChI=1S/C12H27N3O/c1-4-15(5-2)8-7-14-12(10-13)6-9-16-11(12)3/h11,14H,4-10,13H2,1-3H3. The van der Waals surface area contributed by atoms with Gasteiger partial charge in [0, 0.05) is 26.2 Å². The fourth-order valence-electron chi connectivity index (χ4n) is 2.36. The number of rotatable bonds is 7. The van der Waals surface area contributed by atoms with Crippen LogP contribution in [0, 0.1) is 0 Å². The van der Waals surface area contributed by atoms with Gasteiger partial charge in [-0.15, -0.1) is 0 Å². The zero-order chi connectivity index (χ0) is 12.0. The number of nitrogens with two attached hydrogens (primary N) is 1. The Hall–Kier alpha value is -0.160. The molecule has 1 aliphatic rings. The molecule has 3 N–H and O–H groups in total. The second kappa shape index (κ2) is 6.55. The Morgan fingerprint density at radius 3 is 2.56 bits per heavy atom. The van der Waals surface area contributed by atoms with E-state index < -0.39 is 0 Å². The summed E-state index contributed by atoms with van der Waals surface area (Å²) in [4.78, 5) is 2.41. The highest BCUT2D eigenvalue weighted by atomic mass is 16.5. The first-order valence-corrected chi connectivity index (χ1v) is 6.47. The molecule has 96 valence electrons. The van der Waals surface area contributed by atoms with E-state index in [0.717, 1.165) is 39.2 Å². The van der Waals surface area contributed by atoms with Crippen molar-refractivity contribution in [1.82, 2.24) is 10.2 Å². The molecule has 0 radical (unpaired) electrons. The van der Waals surface area contributed by atoms with Crippen molar-refractivity contribution in [2.75, 3.05) is 39.3 Å². The van der Waals surface area contributed by atoms with Crippen LogP contribution in [0.5, 0.6) is 0 Å². The molecule has 0 aliphatic carbocycles. The monoisotopic (exact) mass is 229 g/mol. The topological polar surface area (TPSA) is 50.5 Å². The molecule has 0 saturated carbocycles. The number of hydrogen-bond donors (Lipinski definition) is 2. The van der Waals surface area contributed by atoms with E-state index in [4.69, 9.17) is 10.5 Å². The lowest BCUT2D eigenvalue weighted by molar-refractivity contribution is 0.0842. The van der Waals surface area contributed by atoms with Gasteiger partial charge in [-0.1, -0.05) is 13.8 Å². The van der Waals surface area contributed by atoms with Crippen LogP contribution < -0.4 is 11.1 Å². The van der Waals surface area contributed by atoms with Crippen molar-refractivity contribution in [2.24, 2.45) is 5.73 Å². The Balaban J connectivity index is 2.34. The van der Waals surface area contributed by atoms with E-state index in [2.05, 4.69) is 31.0 Å². The maximum atomic E-state index is 5.88. The van der Waals surface area contributed by atoms with Crippen LogP contribution in [-0.2, 0) is 4.74 Å². The highest BCUT2D eigenvalue weighted by molar-refractivity contribution is 4.98. The predicted octanol–water partition coefficient (Wildman–Crippen LogP) is 0.424. The molecule has 4 nitrogen and oxygen atoms in total. The van der Waals surface area contributed by atoms with Gasteiger partial charge in [0.15, 0.2) is 0 Å². The average molecular weight is 229 g/mol. The summed E-state index contributed by atoms with van der Waals surface area (Å²) in [5.41, 5.74) is 5.89. The molecule has 0 aromatic rings. The van der Waals surface area contributed by atoms with E-state index in [9.17, 15) is 0 Å². The van der Waals surface area contributed by atoms with Gasteiger partial charge in [-0.2, -0.15) is 0 Å². The summed E-state index contributed by atoms with van der Waals surface area (Å²) < 4.78 is 5.61. The van der Waals surface area contributed by atoms with Crippen LogP contribution in [0.2, 0.25) is 0 Å². The number of ether oxygens (including phenoxy) is 1. The fraction of sp³-hybridized carbons (Fsp3) is 1.00. The Kier molecular flexibility index (Phi) is 5.69. The van der Waals surface area contributed by atoms with Gasteiger partial charge >= 0.3 is 0 Å². The number of likely N-dealkylation sites (N-methyl/N-ethyl adjacent to an activating group) is 1. The van der Waals surface area contributed by atoms with Crippen molar-refractivity contribution >= 4 is 0 Å². The van der Waals surface area contributed by atoms with Gasteiger partial charge in [0.2, 0.25) is 0 Å². The number of nitrogens with one attached hydrogen (secondary N) is 1. The van der Waals surface area contributed by atoms with E-state index in [0.29, 0.717) is 6.54 Å². The predicted molar refractivity (Wildman–Crippen MR) is 67.6 cm³/mol. The average Bonchev–Trinajstić information content (AvgIpc) is 2.67. The summed E-state index contributed by atoms with van der Waals surface area (Å²) >= 11 is 0. The third-order valence-corrected chi connectivity index (χ3v) is 3.86. The zero-order valence-corrected chi connectivity index (χ0v) is 11.0. The molecule has 0 bridgehead atoms. The van der Waals surface area contributed by atoms with E-state index in [1.54, 1.807) is 0 Å². The first-order chi connectivity index (χ1) is 7.68. The van der Waals surface area contributed by atoms with Crippen molar-refractivity contribution in [3.05, 3.63) is 0 Å². The lowest BCUT2D eigenvalue weighted by atomic mass is 9.92. The molecule has 0 spiro atoms. The van der Waals surface area contributed by atoms with Gasteiger partial charge in [0.1, 0.15) is 0 Å². The van der Waals surface area contributed by atoms with Crippen molar-refractivity contribution in [2.45, 2.75) is 38.8 Å². The SMILES string of the molecule is CCN(CC)CCNC1(CN)CCOC1C.